The van der Waals surface area contributed by atoms with Gasteiger partial charge in [-0.15, -0.1) is 0 Å². The van der Waals surface area contributed by atoms with Gasteiger partial charge in [-0.1, -0.05) is 78.3 Å². The van der Waals surface area contributed by atoms with Crippen molar-refractivity contribution in [1.29, 1.82) is 0 Å². The molecule has 0 unspecified atom stereocenters. The van der Waals surface area contributed by atoms with Gasteiger partial charge in [-0.25, -0.2) is 0 Å². The molecule has 0 bridgehead atoms. The Balaban J connectivity index is 2.06. The molecule has 4 heteroatoms. The Morgan fingerprint density at radius 2 is 1.76 bits per heavy atom. The third-order valence-electron chi connectivity index (χ3n) is 6.07. The molecule has 0 aliphatic heterocycles. The Bertz CT molecular complexity index is 663. The van der Waals surface area contributed by atoms with Gasteiger partial charge in [0.25, 0.3) is 0 Å². The van der Waals surface area contributed by atoms with Gasteiger partial charge in [0.15, 0.2) is 0 Å². The highest BCUT2D eigenvalue weighted by atomic mass is 16.2. The Morgan fingerprint density at radius 1 is 1.10 bits per heavy atom. The maximum Gasteiger partial charge on any atom is 0.223 e. The Hall–Kier alpha value is -1.84. The molecule has 4 nitrogen and oxygen atoms in total. The molecule has 162 valence electrons. The fraction of sp³-hybridized carbons (Fsp3) is 0.680. The quantitative estimate of drug-likeness (QED) is 0.668. The van der Waals surface area contributed by atoms with E-state index in [4.69, 9.17) is 0 Å². The van der Waals surface area contributed by atoms with Crippen LogP contribution >= 0.6 is 0 Å². The molecule has 4 atom stereocenters. The smallest absolute Gasteiger partial charge is 0.223 e. The summed E-state index contributed by atoms with van der Waals surface area (Å²) in [6.45, 7) is 13.3. The van der Waals surface area contributed by atoms with Crippen LogP contribution in [0.1, 0.15) is 78.8 Å². The van der Waals surface area contributed by atoms with Gasteiger partial charge in [0.1, 0.15) is 0 Å². The van der Waals surface area contributed by atoms with Crippen LogP contribution in [0.15, 0.2) is 30.3 Å². The van der Waals surface area contributed by atoms with E-state index in [1.54, 1.807) is 0 Å². The summed E-state index contributed by atoms with van der Waals surface area (Å²) in [6.07, 6.45) is 3.75. The molecule has 1 aromatic rings. The highest BCUT2D eigenvalue weighted by Crippen LogP contribution is 2.38. The van der Waals surface area contributed by atoms with Crippen molar-refractivity contribution in [3.05, 3.63) is 35.9 Å². The number of benzene rings is 1. The van der Waals surface area contributed by atoms with Crippen LogP contribution in [-0.2, 0) is 9.59 Å². The van der Waals surface area contributed by atoms with Crippen LogP contribution in [0.4, 0.5) is 0 Å². The largest absolute Gasteiger partial charge is 0.353 e. The number of amides is 2. The maximum absolute atomic E-state index is 13.1. The molecule has 0 heterocycles. The van der Waals surface area contributed by atoms with Crippen molar-refractivity contribution < 1.29 is 9.59 Å². The monoisotopic (exact) mass is 400 g/mol. The van der Waals surface area contributed by atoms with Crippen LogP contribution in [0.5, 0.6) is 0 Å². The Morgan fingerprint density at radius 3 is 2.34 bits per heavy atom. The zero-order valence-electron chi connectivity index (χ0n) is 19.1. The van der Waals surface area contributed by atoms with Crippen LogP contribution in [0, 0.1) is 29.1 Å². The number of hydrogen-bond acceptors (Lipinski definition) is 2. The topological polar surface area (TPSA) is 58.2 Å². The molecule has 0 radical (unpaired) electrons. The molecule has 1 fully saturated rings. The molecule has 29 heavy (non-hydrogen) atoms. The summed E-state index contributed by atoms with van der Waals surface area (Å²) >= 11 is 0. The number of nitrogens with one attached hydrogen (secondary N) is 2. The van der Waals surface area contributed by atoms with Crippen molar-refractivity contribution in [2.75, 3.05) is 6.54 Å². The molecule has 2 N–H and O–H groups in total. The first-order valence-corrected chi connectivity index (χ1v) is 11.2. The second kappa shape index (κ2) is 10.3. The number of carbonyl (C=O) groups is 2. The molecular formula is C25H40N2O2. The predicted molar refractivity (Wildman–Crippen MR) is 119 cm³/mol. The number of rotatable bonds is 7. The number of carbonyl (C=O) groups excluding carboxylic acids is 2. The van der Waals surface area contributed by atoms with Gasteiger partial charge < -0.3 is 10.6 Å². The average molecular weight is 401 g/mol. The standard InChI is InChI=1S/C25H40N2O2/c1-17(2)20-13-12-18(3)14-21(20)24(29)26-16-22(19-10-8-7-9-11-19)27-23(28)15-25(4,5)6/h7-11,17-18,20-22H,12-16H2,1-6H3,(H,26,29)(H,27,28)/t18-,20+,21-,22-/m1/s1. The minimum absolute atomic E-state index is 0.0203. The van der Waals surface area contributed by atoms with Gasteiger partial charge >= 0.3 is 0 Å². The lowest BCUT2D eigenvalue weighted by atomic mass is 9.70. The molecule has 0 aromatic heterocycles. The zero-order valence-corrected chi connectivity index (χ0v) is 19.1. The summed E-state index contributed by atoms with van der Waals surface area (Å²) < 4.78 is 0. The van der Waals surface area contributed by atoms with Gasteiger partial charge in [-0.3, -0.25) is 9.59 Å². The SMILES string of the molecule is CC(C)[C@@H]1CC[C@@H](C)C[C@H]1C(=O)NC[C@@H](NC(=O)CC(C)(C)C)c1ccccc1. The van der Waals surface area contributed by atoms with Crippen LogP contribution in [0.2, 0.25) is 0 Å². The summed E-state index contributed by atoms with van der Waals surface area (Å²) in [5.74, 6) is 1.78. The second-order valence-electron chi connectivity index (χ2n) is 10.4. The molecule has 1 aliphatic carbocycles. The summed E-state index contributed by atoms with van der Waals surface area (Å²) in [7, 11) is 0. The normalized spacial score (nSPS) is 23.5. The maximum atomic E-state index is 13.1. The lowest BCUT2D eigenvalue weighted by Crippen LogP contribution is -2.44. The minimum atomic E-state index is -0.214. The summed E-state index contributed by atoms with van der Waals surface area (Å²) in [6, 6.07) is 9.71. The van der Waals surface area contributed by atoms with E-state index in [0.29, 0.717) is 30.7 Å². The zero-order chi connectivity index (χ0) is 21.6. The Kier molecular flexibility index (Phi) is 8.30. The van der Waals surface area contributed by atoms with E-state index in [9.17, 15) is 9.59 Å². The van der Waals surface area contributed by atoms with Crippen LogP contribution in [0.3, 0.4) is 0 Å². The molecule has 1 aliphatic rings. The molecule has 0 spiro atoms. The van der Waals surface area contributed by atoms with Crippen LogP contribution < -0.4 is 10.6 Å². The van der Waals surface area contributed by atoms with E-state index in [-0.39, 0.29) is 29.2 Å². The average Bonchev–Trinajstić information content (AvgIpc) is 2.63. The molecule has 0 saturated heterocycles. The summed E-state index contributed by atoms with van der Waals surface area (Å²) in [4.78, 5) is 25.6. The van der Waals surface area contributed by atoms with Crippen molar-refractivity contribution >= 4 is 11.8 Å². The fourth-order valence-corrected chi connectivity index (χ4v) is 4.50. The molecule has 2 amide bonds. The highest BCUT2D eigenvalue weighted by Gasteiger charge is 2.35. The first kappa shape index (κ1) is 23.4. The highest BCUT2D eigenvalue weighted by molar-refractivity contribution is 5.80. The van der Waals surface area contributed by atoms with Crippen molar-refractivity contribution in [3.8, 4) is 0 Å². The van der Waals surface area contributed by atoms with E-state index in [1.807, 2.05) is 30.3 Å². The lowest BCUT2D eigenvalue weighted by Gasteiger charge is -2.36. The van der Waals surface area contributed by atoms with E-state index in [1.165, 1.54) is 6.42 Å². The third kappa shape index (κ3) is 7.49. The minimum Gasteiger partial charge on any atom is -0.353 e. The van der Waals surface area contributed by atoms with E-state index in [2.05, 4.69) is 52.2 Å². The van der Waals surface area contributed by atoms with E-state index >= 15 is 0 Å². The van der Waals surface area contributed by atoms with Gasteiger partial charge in [-0.05, 0) is 41.6 Å². The molecule has 1 aromatic carbocycles. The van der Waals surface area contributed by atoms with E-state index in [0.717, 1.165) is 18.4 Å². The molecular weight excluding hydrogens is 360 g/mol. The third-order valence-corrected chi connectivity index (χ3v) is 6.07. The van der Waals surface area contributed by atoms with Crippen molar-refractivity contribution in [2.24, 2.45) is 29.1 Å². The fourth-order valence-electron chi connectivity index (χ4n) is 4.50. The van der Waals surface area contributed by atoms with Crippen molar-refractivity contribution in [2.45, 2.75) is 73.3 Å². The predicted octanol–water partition coefficient (Wildman–Crippen LogP) is 5.10. The number of hydrogen-bond donors (Lipinski definition) is 2. The van der Waals surface area contributed by atoms with E-state index < -0.39 is 0 Å². The van der Waals surface area contributed by atoms with Crippen LogP contribution in [-0.4, -0.2) is 18.4 Å². The summed E-state index contributed by atoms with van der Waals surface area (Å²) in [5.41, 5.74) is 0.949. The lowest BCUT2D eigenvalue weighted by molar-refractivity contribution is -0.130. The van der Waals surface area contributed by atoms with Crippen LogP contribution in [0.25, 0.3) is 0 Å². The first-order valence-electron chi connectivity index (χ1n) is 11.2. The van der Waals surface area contributed by atoms with Gasteiger partial charge in [-0.2, -0.15) is 0 Å². The second-order valence-corrected chi connectivity index (χ2v) is 10.4. The molecule has 2 rings (SSSR count). The Labute approximate surface area is 177 Å². The van der Waals surface area contributed by atoms with Crippen molar-refractivity contribution in [1.82, 2.24) is 10.6 Å². The van der Waals surface area contributed by atoms with Gasteiger partial charge in [0.05, 0.1) is 6.04 Å². The first-order chi connectivity index (χ1) is 13.6. The molecule has 1 saturated carbocycles. The van der Waals surface area contributed by atoms with Gasteiger partial charge in [0.2, 0.25) is 11.8 Å². The summed E-state index contributed by atoms with van der Waals surface area (Å²) in [5, 5.41) is 6.31. The van der Waals surface area contributed by atoms with Crippen molar-refractivity contribution in [3.63, 3.8) is 0 Å². The van der Waals surface area contributed by atoms with Gasteiger partial charge in [0, 0.05) is 18.9 Å².